The Balaban J connectivity index is 2.20. The molecule has 1 fully saturated rings. The highest BCUT2D eigenvalue weighted by molar-refractivity contribution is 5.75. The third-order valence-corrected chi connectivity index (χ3v) is 4.07. The van der Waals surface area contributed by atoms with E-state index < -0.39 is 0 Å². The Labute approximate surface area is 126 Å². The maximum atomic E-state index is 12.2. The highest BCUT2D eigenvalue weighted by atomic mass is 16.5. The second-order valence-electron chi connectivity index (χ2n) is 6.04. The summed E-state index contributed by atoms with van der Waals surface area (Å²) in [7, 11) is 0. The maximum absolute atomic E-state index is 12.2. The van der Waals surface area contributed by atoms with E-state index in [0.717, 1.165) is 17.9 Å². The van der Waals surface area contributed by atoms with Gasteiger partial charge in [0.1, 0.15) is 5.75 Å². The summed E-state index contributed by atoms with van der Waals surface area (Å²) in [4.78, 5) is 12.2. The Morgan fingerprint density at radius 1 is 1.38 bits per heavy atom. The topological polar surface area (TPSA) is 47.6 Å². The van der Waals surface area contributed by atoms with Crippen LogP contribution in [0.5, 0.6) is 5.75 Å². The van der Waals surface area contributed by atoms with Crippen molar-refractivity contribution in [2.45, 2.75) is 39.2 Å². The van der Waals surface area contributed by atoms with Crippen LogP contribution in [0.4, 0.5) is 0 Å². The van der Waals surface area contributed by atoms with Gasteiger partial charge in [-0.25, -0.2) is 0 Å². The molecule has 0 spiro atoms. The van der Waals surface area contributed by atoms with Crippen molar-refractivity contribution in [2.24, 2.45) is 5.92 Å². The van der Waals surface area contributed by atoms with Crippen LogP contribution in [0.2, 0.25) is 0 Å². The van der Waals surface area contributed by atoms with Crippen molar-refractivity contribution in [3.8, 4) is 5.75 Å². The van der Waals surface area contributed by atoms with E-state index in [-0.39, 0.29) is 23.4 Å². The van der Waals surface area contributed by atoms with Crippen LogP contribution in [0.1, 0.15) is 33.3 Å². The molecule has 0 aliphatic carbocycles. The lowest BCUT2D eigenvalue weighted by Gasteiger charge is -2.29. The summed E-state index contributed by atoms with van der Waals surface area (Å²) in [5.74, 6) is 0.595. The minimum absolute atomic E-state index is 0.118. The smallest absolute Gasteiger partial charge is 0.311 e. The monoisotopic (exact) mass is 291 g/mol. The van der Waals surface area contributed by atoms with Crippen molar-refractivity contribution in [3.63, 3.8) is 0 Å². The van der Waals surface area contributed by atoms with Crippen LogP contribution in [0.25, 0.3) is 0 Å². The summed E-state index contributed by atoms with van der Waals surface area (Å²) in [6.07, 6.45) is 0.159. The Morgan fingerprint density at radius 3 is 2.62 bits per heavy atom. The molecule has 0 saturated carbocycles. The van der Waals surface area contributed by atoms with Crippen LogP contribution >= 0.6 is 0 Å². The molecule has 1 aromatic carbocycles. The molecule has 1 heterocycles. The van der Waals surface area contributed by atoms with Crippen LogP contribution in [0.15, 0.2) is 24.3 Å². The predicted octanol–water partition coefficient (Wildman–Crippen LogP) is 2.51. The first-order valence-electron chi connectivity index (χ1n) is 7.62. The minimum Gasteiger partial charge on any atom is -0.491 e. The van der Waals surface area contributed by atoms with E-state index in [1.54, 1.807) is 0 Å². The molecule has 1 aromatic rings. The van der Waals surface area contributed by atoms with Gasteiger partial charge in [-0.05, 0) is 38.5 Å². The Morgan fingerprint density at radius 2 is 2.05 bits per heavy atom. The first kappa shape index (κ1) is 15.8. The molecule has 2 rings (SSSR count). The van der Waals surface area contributed by atoms with E-state index >= 15 is 0 Å². The van der Waals surface area contributed by atoms with Gasteiger partial charge >= 0.3 is 5.97 Å². The number of rotatable bonds is 5. The zero-order valence-electron chi connectivity index (χ0n) is 13.3. The molecule has 21 heavy (non-hydrogen) atoms. The van der Waals surface area contributed by atoms with Gasteiger partial charge in [-0.3, -0.25) is 4.79 Å². The molecule has 1 aliphatic heterocycles. The van der Waals surface area contributed by atoms with Crippen molar-refractivity contribution < 1.29 is 14.3 Å². The number of carbonyl (C=O) groups is 1. The largest absolute Gasteiger partial charge is 0.491 e. The second kappa shape index (κ2) is 6.48. The quantitative estimate of drug-likeness (QED) is 0.847. The van der Waals surface area contributed by atoms with E-state index in [0.29, 0.717) is 13.2 Å². The fourth-order valence-corrected chi connectivity index (χ4v) is 2.90. The lowest BCUT2D eigenvalue weighted by molar-refractivity contribution is -0.149. The van der Waals surface area contributed by atoms with Gasteiger partial charge in [0, 0.05) is 18.5 Å². The summed E-state index contributed by atoms with van der Waals surface area (Å²) < 4.78 is 10.9. The van der Waals surface area contributed by atoms with E-state index in [2.05, 4.69) is 24.4 Å². The molecular formula is C17H25NO3. The standard InChI is InChI=1S/C17H25NO3/c1-5-20-16(19)15-10-18-11-17(15,4)13-6-8-14(9-7-13)21-12(2)3/h6-9,12,15,18H,5,10-11H2,1-4H3. The molecule has 4 heteroatoms. The number of carbonyl (C=O) groups excluding carboxylic acids is 1. The van der Waals surface area contributed by atoms with Crippen molar-refractivity contribution in [1.82, 2.24) is 5.32 Å². The number of esters is 1. The zero-order valence-corrected chi connectivity index (χ0v) is 13.3. The van der Waals surface area contributed by atoms with Crippen LogP contribution in [0.3, 0.4) is 0 Å². The average molecular weight is 291 g/mol. The van der Waals surface area contributed by atoms with Gasteiger partial charge in [-0.1, -0.05) is 19.1 Å². The maximum Gasteiger partial charge on any atom is 0.311 e. The third kappa shape index (κ3) is 3.38. The molecule has 4 nitrogen and oxygen atoms in total. The summed E-state index contributed by atoms with van der Waals surface area (Å²) in [5.41, 5.74) is 0.907. The molecular weight excluding hydrogens is 266 g/mol. The highest BCUT2D eigenvalue weighted by Crippen LogP contribution is 2.36. The molecule has 2 unspecified atom stereocenters. The van der Waals surface area contributed by atoms with E-state index in [9.17, 15) is 4.79 Å². The number of benzene rings is 1. The molecule has 0 radical (unpaired) electrons. The molecule has 1 aliphatic rings. The van der Waals surface area contributed by atoms with E-state index in [1.807, 2.05) is 32.9 Å². The van der Waals surface area contributed by atoms with Crippen LogP contribution in [-0.4, -0.2) is 31.8 Å². The summed E-state index contributed by atoms with van der Waals surface area (Å²) in [6, 6.07) is 8.05. The SMILES string of the molecule is CCOC(=O)C1CNCC1(C)c1ccc(OC(C)C)cc1. The van der Waals surface area contributed by atoms with Gasteiger partial charge in [0.2, 0.25) is 0 Å². The zero-order chi connectivity index (χ0) is 15.5. The fraction of sp³-hybridized carbons (Fsp3) is 0.588. The first-order valence-corrected chi connectivity index (χ1v) is 7.62. The normalized spacial score (nSPS) is 25.1. The molecule has 1 saturated heterocycles. The highest BCUT2D eigenvalue weighted by Gasteiger charge is 2.45. The Bertz CT molecular complexity index is 483. The fourth-order valence-electron chi connectivity index (χ4n) is 2.90. The van der Waals surface area contributed by atoms with Gasteiger partial charge in [0.15, 0.2) is 0 Å². The van der Waals surface area contributed by atoms with Crippen LogP contribution in [0, 0.1) is 5.92 Å². The van der Waals surface area contributed by atoms with Crippen LogP contribution in [-0.2, 0) is 14.9 Å². The van der Waals surface area contributed by atoms with Crippen LogP contribution < -0.4 is 10.1 Å². The minimum atomic E-state index is -0.234. The second-order valence-corrected chi connectivity index (χ2v) is 6.04. The van der Waals surface area contributed by atoms with Gasteiger partial charge in [-0.15, -0.1) is 0 Å². The van der Waals surface area contributed by atoms with Gasteiger partial charge in [-0.2, -0.15) is 0 Å². The summed E-state index contributed by atoms with van der Waals surface area (Å²) in [6.45, 7) is 9.84. The van der Waals surface area contributed by atoms with E-state index in [4.69, 9.17) is 9.47 Å². The van der Waals surface area contributed by atoms with Crippen molar-refractivity contribution in [2.75, 3.05) is 19.7 Å². The van der Waals surface area contributed by atoms with Gasteiger partial charge in [0.25, 0.3) is 0 Å². The lowest BCUT2D eigenvalue weighted by atomic mass is 9.74. The average Bonchev–Trinajstić information content (AvgIpc) is 2.82. The van der Waals surface area contributed by atoms with Crippen molar-refractivity contribution >= 4 is 5.97 Å². The first-order chi connectivity index (χ1) is 9.97. The Hall–Kier alpha value is -1.55. The molecule has 2 atom stereocenters. The summed E-state index contributed by atoms with van der Waals surface area (Å²) in [5, 5.41) is 3.32. The molecule has 0 bridgehead atoms. The predicted molar refractivity (Wildman–Crippen MR) is 82.6 cm³/mol. The number of nitrogens with one attached hydrogen (secondary N) is 1. The van der Waals surface area contributed by atoms with Crippen molar-refractivity contribution in [1.29, 1.82) is 0 Å². The van der Waals surface area contributed by atoms with Gasteiger partial charge < -0.3 is 14.8 Å². The van der Waals surface area contributed by atoms with E-state index in [1.165, 1.54) is 0 Å². The Kier molecular flexibility index (Phi) is 4.88. The summed E-state index contributed by atoms with van der Waals surface area (Å²) >= 11 is 0. The lowest BCUT2D eigenvalue weighted by Crippen LogP contribution is -2.37. The molecule has 0 amide bonds. The number of hydrogen-bond donors (Lipinski definition) is 1. The number of ether oxygens (including phenoxy) is 2. The molecule has 116 valence electrons. The molecule has 1 N–H and O–H groups in total. The third-order valence-electron chi connectivity index (χ3n) is 4.07. The molecule has 0 aromatic heterocycles. The van der Waals surface area contributed by atoms with Crippen molar-refractivity contribution in [3.05, 3.63) is 29.8 Å². The number of hydrogen-bond acceptors (Lipinski definition) is 4. The van der Waals surface area contributed by atoms with Gasteiger partial charge in [0.05, 0.1) is 18.6 Å².